The third kappa shape index (κ3) is 5.79. The molecule has 0 bridgehead atoms. The molecule has 0 atom stereocenters. The van der Waals surface area contributed by atoms with Gasteiger partial charge in [0, 0.05) is 25.0 Å². The third-order valence-corrected chi connectivity index (χ3v) is 3.79. The summed E-state index contributed by atoms with van der Waals surface area (Å²) in [6.07, 6.45) is 3.95. The Morgan fingerprint density at radius 3 is 2.46 bits per heavy atom. The van der Waals surface area contributed by atoms with Crippen molar-refractivity contribution in [1.29, 1.82) is 0 Å². The molecule has 6 nitrogen and oxygen atoms in total. The lowest BCUT2D eigenvalue weighted by atomic mass is 10.2. The van der Waals surface area contributed by atoms with Gasteiger partial charge in [-0.15, -0.1) is 17.0 Å². The number of hydrogen-bond donors (Lipinski definition) is 2. The molecular weight excluding hydrogens is 396 g/mol. The predicted octanol–water partition coefficient (Wildman–Crippen LogP) is 2.71. The number of nitrogens with zero attached hydrogens (tertiary/aromatic N) is 2. The van der Waals surface area contributed by atoms with E-state index < -0.39 is 0 Å². The number of halogens is 1. The molecule has 1 aliphatic heterocycles. The van der Waals surface area contributed by atoms with Gasteiger partial charge in [-0.2, -0.15) is 0 Å². The molecule has 1 aliphatic rings. The maximum Gasteiger partial charge on any atom is 0.265 e. The third-order valence-electron chi connectivity index (χ3n) is 3.79. The Hall–Kier alpha value is -2.51. The van der Waals surface area contributed by atoms with E-state index in [9.17, 15) is 4.79 Å². The fourth-order valence-corrected chi connectivity index (χ4v) is 2.43. The van der Waals surface area contributed by atoms with E-state index in [0.29, 0.717) is 18.8 Å². The van der Waals surface area contributed by atoms with Gasteiger partial charge in [-0.1, -0.05) is 30.3 Å². The average Bonchev–Trinajstić information content (AvgIpc) is 3.06. The maximum atomic E-state index is 12.1. The van der Waals surface area contributed by atoms with Crippen LogP contribution in [0.25, 0.3) is 0 Å². The zero-order valence-corrected chi connectivity index (χ0v) is 16.3. The quantitative estimate of drug-likeness (QED) is 0.676. The molecule has 26 heavy (non-hydrogen) atoms. The lowest BCUT2D eigenvalue weighted by Crippen LogP contribution is -2.43. The van der Waals surface area contributed by atoms with Crippen molar-refractivity contribution in [2.24, 2.45) is 0 Å². The highest BCUT2D eigenvalue weighted by molar-refractivity contribution is 8.93. The van der Waals surface area contributed by atoms with Crippen LogP contribution in [0.15, 0.2) is 67.0 Å². The van der Waals surface area contributed by atoms with E-state index >= 15 is 0 Å². The van der Waals surface area contributed by atoms with Crippen molar-refractivity contribution in [1.82, 2.24) is 20.7 Å². The largest absolute Gasteiger partial charge is 0.489 e. The highest BCUT2D eigenvalue weighted by Crippen LogP contribution is 2.14. The lowest BCUT2D eigenvalue weighted by Gasteiger charge is -2.18. The van der Waals surface area contributed by atoms with Crippen LogP contribution in [-0.2, 0) is 6.61 Å². The minimum atomic E-state index is -0.175. The Bertz CT molecular complexity index is 722. The van der Waals surface area contributed by atoms with E-state index in [-0.39, 0.29) is 22.9 Å². The van der Waals surface area contributed by atoms with Crippen molar-refractivity contribution in [3.05, 3.63) is 78.1 Å². The van der Waals surface area contributed by atoms with Crippen LogP contribution in [0.2, 0.25) is 0 Å². The van der Waals surface area contributed by atoms with Gasteiger partial charge in [0.25, 0.3) is 5.91 Å². The summed E-state index contributed by atoms with van der Waals surface area (Å²) in [5, 5.41) is 0. The summed E-state index contributed by atoms with van der Waals surface area (Å²) in [4.78, 5) is 16.2. The van der Waals surface area contributed by atoms with Crippen molar-refractivity contribution in [3.8, 4) is 5.75 Å². The van der Waals surface area contributed by atoms with Gasteiger partial charge < -0.3 is 14.5 Å². The van der Waals surface area contributed by atoms with Crippen LogP contribution in [0.1, 0.15) is 15.9 Å². The minimum Gasteiger partial charge on any atom is -0.489 e. The molecular formula is C19H23BrN4O2. The van der Waals surface area contributed by atoms with Crippen molar-refractivity contribution in [2.45, 2.75) is 6.61 Å². The van der Waals surface area contributed by atoms with Crippen molar-refractivity contribution < 1.29 is 9.53 Å². The van der Waals surface area contributed by atoms with Crippen molar-refractivity contribution in [3.63, 3.8) is 0 Å². The van der Waals surface area contributed by atoms with Gasteiger partial charge in [0.1, 0.15) is 12.4 Å². The molecule has 1 heterocycles. The van der Waals surface area contributed by atoms with Gasteiger partial charge in [0.05, 0.1) is 13.3 Å². The molecule has 2 aromatic carbocycles. The Morgan fingerprint density at radius 1 is 1.08 bits per heavy atom. The Balaban J connectivity index is 0.00000243. The molecule has 0 radical (unpaired) electrons. The first-order chi connectivity index (χ1) is 12.2. The Labute approximate surface area is 164 Å². The molecule has 138 valence electrons. The fourth-order valence-electron chi connectivity index (χ4n) is 2.43. The fraction of sp³-hybridized carbons (Fsp3) is 0.211. The van der Waals surface area contributed by atoms with Crippen LogP contribution < -0.4 is 15.6 Å². The smallest absolute Gasteiger partial charge is 0.265 e. The number of nitrogens with one attached hydrogen (secondary N) is 2. The van der Waals surface area contributed by atoms with Gasteiger partial charge in [0.15, 0.2) is 0 Å². The highest BCUT2D eigenvalue weighted by Gasteiger charge is 2.09. The monoisotopic (exact) mass is 418 g/mol. The molecule has 0 saturated carbocycles. The second-order valence-electron chi connectivity index (χ2n) is 5.87. The minimum absolute atomic E-state index is 0. The molecule has 0 aromatic heterocycles. The number of carbonyl (C=O) groups excluding carboxylic acids is 1. The van der Waals surface area contributed by atoms with Crippen LogP contribution in [-0.4, -0.2) is 36.1 Å². The van der Waals surface area contributed by atoms with E-state index in [2.05, 4.69) is 15.8 Å². The van der Waals surface area contributed by atoms with Crippen molar-refractivity contribution >= 4 is 22.9 Å². The summed E-state index contributed by atoms with van der Waals surface area (Å²) in [7, 11) is 2.00. The molecule has 0 aliphatic carbocycles. The van der Waals surface area contributed by atoms with Crippen molar-refractivity contribution in [2.75, 3.05) is 20.4 Å². The standard InChI is InChI=1S/C19H22N4O2.BrH/c1-22-11-12-23(15-22)14-20-21-19(24)17-7-9-18(10-8-17)25-13-16-5-3-2-4-6-16;/h2-12,20H,13-15H2,1H3,(H,21,24);1H. The van der Waals surface area contributed by atoms with E-state index in [1.807, 2.05) is 54.7 Å². The maximum absolute atomic E-state index is 12.1. The summed E-state index contributed by atoms with van der Waals surface area (Å²) >= 11 is 0. The molecule has 7 heteroatoms. The van der Waals surface area contributed by atoms with E-state index in [4.69, 9.17) is 4.74 Å². The number of rotatable bonds is 7. The zero-order chi connectivity index (χ0) is 17.5. The van der Waals surface area contributed by atoms with Crippen LogP contribution in [0.4, 0.5) is 0 Å². The Kier molecular flexibility index (Phi) is 7.50. The SMILES string of the molecule is Br.CN1C=CN(CNNC(=O)c2ccc(OCc3ccccc3)cc2)C1. The summed E-state index contributed by atoms with van der Waals surface area (Å²) < 4.78 is 5.72. The van der Waals surface area contributed by atoms with Crippen LogP contribution in [0.5, 0.6) is 5.75 Å². The molecule has 2 aromatic rings. The van der Waals surface area contributed by atoms with Gasteiger partial charge in [0.2, 0.25) is 0 Å². The van der Waals surface area contributed by atoms with Gasteiger partial charge in [-0.25, -0.2) is 5.43 Å². The van der Waals surface area contributed by atoms with Crippen LogP contribution in [0.3, 0.4) is 0 Å². The molecule has 3 rings (SSSR count). The summed E-state index contributed by atoms with van der Waals surface area (Å²) in [6.45, 7) is 1.85. The normalized spacial score (nSPS) is 12.7. The highest BCUT2D eigenvalue weighted by atomic mass is 79.9. The number of carbonyl (C=O) groups is 1. The first-order valence-electron chi connectivity index (χ1n) is 8.13. The molecule has 0 spiro atoms. The second-order valence-corrected chi connectivity index (χ2v) is 5.87. The number of benzene rings is 2. The van der Waals surface area contributed by atoms with Gasteiger partial charge in [-0.05, 0) is 29.8 Å². The van der Waals surface area contributed by atoms with E-state index in [1.165, 1.54) is 0 Å². The van der Waals surface area contributed by atoms with Crippen LogP contribution in [0, 0.1) is 0 Å². The number of amides is 1. The summed E-state index contributed by atoms with van der Waals surface area (Å²) in [5.74, 6) is 0.560. The zero-order valence-electron chi connectivity index (χ0n) is 14.6. The molecule has 0 fully saturated rings. The molecule has 2 N–H and O–H groups in total. The van der Waals surface area contributed by atoms with Gasteiger partial charge >= 0.3 is 0 Å². The average molecular weight is 419 g/mol. The van der Waals surface area contributed by atoms with Gasteiger partial charge in [-0.3, -0.25) is 10.2 Å². The first-order valence-corrected chi connectivity index (χ1v) is 8.13. The lowest BCUT2D eigenvalue weighted by molar-refractivity contribution is 0.0922. The number of ether oxygens (including phenoxy) is 1. The Morgan fingerprint density at radius 2 is 1.81 bits per heavy atom. The second kappa shape index (κ2) is 9.84. The van der Waals surface area contributed by atoms with E-state index in [0.717, 1.165) is 18.0 Å². The first kappa shape index (κ1) is 19.8. The number of hydrogen-bond acceptors (Lipinski definition) is 5. The van der Waals surface area contributed by atoms with Crippen LogP contribution >= 0.6 is 17.0 Å². The van der Waals surface area contributed by atoms with E-state index in [1.54, 1.807) is 24.3 Å². The molecule has 1 amide bonds. The summed E-state index contributed by atoms with van der Waals surface area (Å²) in [5.41, 5.74) is 7.30. The summed E-state index contributed by atoms with van der Waals surface area (Å²) in [6, 6.07) is 17.1. The molecule has 0 saturated heterocycles. The number of hydrazine groups is 1. The topological polar surface area (TPSA) is 56.8 Å². The predicted molar refractivity (Wildman–Crippen MR) is 107 cm³/mol. The molecule has 0 unspecified atom stereocenters.